The molecule has 0 saturated heterocycles. The molecule has 0 bridgehead atoms. The Morgan fingerprint density at radius 2 is 1.85 bits per heavy atom. The number of hydrogen-bond donors (Lipinski definition) is 3. The maximum atomic E-state index is 12.3. The van der Waals surface area contributed by atoms with Gasteiger partial charge in [0.05, 0.1) is 12.8 Å². The van der Waals surface area contributed by atoms with Crippen LogP contribution in [0.4, 0.5) is 16.2 Å². The maximum Gasteiger partial charge on any atom is 0.323 e. The minimum absolute atomic E-state index is 0.341. The van der Waals surface area contributed by atoms with Crippen molar-refractivity contribution in [3.05, 3.63) is 84.1 Å². The molecule has 0 saturated carbocycles. The van der Waals surface area contributed by atoms with E-state index in [9.17, 15) is 4.79 Å². The second-order valence-corrected chi connectivity index (χ2v) is 6.11. The number of nitrogens with one attached hydrogen (secondary N) is 2. The molecule has 2 amide bonds. The molecule has 0 unspecified atom stereocenters. The van der Waals surface area contributed by atoms with Gasteiger partial charge in [0.25, 0.3) is 0 Å². The minimum Gasteiger partial charge on any atom is -0.495 e. The number of aryl methyl sites for hydroxylation is 1. The highest BCUT2D eigenvalue weighted by atomic mass is 16.5. The first-order valence-corrected chi connectivity index (χ1v) is 8.52. The first-order chi connectivity index (χ1) is 12.9. The number of methoxy groups -OCH3 is 1. The number of rotatable bonds is 6. The van der Waals surface area contributed by atoms with Gasteiger partial charge >= 0.3 is 6.03 Å². The lowest BCUT2D eigenvalue weighted by Crippen LogP contribution is -2.19. The third-order valence-corrected chi connectivity index (χ3v) is 3.76. The zero-order valence-electron chi connectivity index (χ0n) is 15.9. The van der Waals surface area contributed by atoms with Crippen molar-refractivity contribution in [2.75, 3.05) is 17.7 Å². The van der Waals surface area contributed by atoms with Crippen molar-refractivity contribution in [1.29, 1.82) is 0 Å². The van der Waals surface area contributed by atoms with Crippen molar-refractivity contribution in [2.24, 2.45) is 5.73 Å². The third kappa shape index (κ3) is 5.78. The molecule has 0 aliphatic heterocycles. The van der Waals surface area contributed by atoms with Crippen molar-refractivity contribution in [3.63, 3.8) is 0 Å². The fourth-order valence-electron chi connectivity index (χ4n) is 2.55. The molecule has 2 rings (SSSR count). The van der Waals surface area contributed by atoms with E-state index in [4.69, 9.17) is 10.5 Å². The number of nitrogens with two attached hydrogens (primary N) is 1. The van der Waals surface area contributed by atoms with Gasteiger partial charge in [0.2, 0.25) is 0 Å². The lowest BCUT2D eigenvalue weighted by Gasteiger charge is -2.12. The Kier molecular flexibility index (Phi) is 6.83. The first kappa shape index (κ1) is 19.8. The molecule has 0 aromatic heterocycles. The van der Waals surface area contributed by atoms with Crippen molar-refractivity contribution in [1.82, 2.24) is 0 Å². The van der Waals surface area contributed by atoms with Crippen molar-refractivity contribution < 1.29 is 9.53 Å². The van der Waals surface area contributed by atoms with Gasteiger partial charge in [-0.2, -0.15) is 0 Å². The average Bonchev–Trinajstić information content (AvgIpc) is 2.62. The smallest absolute Gasteiger partial charge is 0.323 e. The highest BCUT2D eigenvalue weighted by Gasteiger charge is 2.08. The van der Waals surface area contributed by atoms with Crippen LogP contribution in [-0.2, 0) is 0 Å². The van der Waals surface area contributed by atoms with E-state index in [0.29, 0.717) is 22.8 Å². The van der Waals surface area contributed by atoms with E-state index in [-0.39, 0.29) is 6.03 Å². The lowest BCUT2D eigenvalue weighted by molar-refractivity contribution is 0.262. The first-order valence-electron chi connectivity index (χ1n) is 8.52. The standard InChI is InChI=1S/C22H25N3O2/c1-5-6-18(14-16(3)23)17-8-10-19(11-9-17)24-22(26)25-20-13-15(2)7-12-21(20)27-4/h5-14H,1,23H2,2-4H3,(H2,24,25,26)/b16-14-,18-6+. The minimum atomic E-state index is -0.341. The molecule has 4 N–H and O–H groups in total. The van der Waals surface area contributed by atoms with Crippen LogP contribution < -0.4 is 21.1 Å². The normalized spacial score (nSPS) is 11.7. The summed E-state index contributed by atoms with van der Waals surface area (Å²) in [6, 6.07) is 12.8. The highest BCUT2D eigenvalue weighted by Crippen LogP contribution is 2.25. The predicted octanol–water partition coefficient (Wildman–Crippen LogP) is 5.08. The molecular formula is C22H25N3O2. The van der Waals surface area contributed by atoms with Crippen LogP contribution in [0.15, 0.2) is 73.0 Å². The molecular weight excluding hydrogens is 338 g/mol. The number of carbonyl (C=O) groups excluding carboxylic acids is 1. The van der Waals surface area contributed by atoms with E-state index in [1.54, 1.807) is 13.2 Å². The summed E-state index contributed by atoms with van der Waals surface area (Å²) in [5.74, 6) is 0.606. The quantitative estimate of drug-likeness (QED) is 0.626. The molecule has 5 nitrogen and oxygen atoms in total. The molecule has 27 heavy (non-hydrogen) atoms. The topological polar surface area (TPSA) is 76.4 Å². The lowest BCUT2D eigenvalue weighted by atomic mass is 10.0. The SMILES string of the molecule is C=C/C=C(\C=C(\C)N)c1ccc(NC(=O)Nc2cc(C)ccc2OC)cc1. The molecule has 0 heterocycles. The Labute approximate surface area is 160 Å². The fourth-order valence-corrected chi connectivity index (χ4v) is 2.55. The van der Waals surface area contributed by atoms with Crippen LogP contribution in [0.3, 0.4) is 0 Å². The Hall–Kier alpha value is -3.47. The van der Waals surface area contributed by atoms with Crippen molar-refractivity contribution in [3.8, 4) is 5.75 Å². The Bertz CT molecular complexity index is 877. The summed E-state index contributed by atoms with van der Waals surface area (Å²) in [6.07, 6.45) is 5.47. The summed E-state index contributed by atoms with van der Waals surface area (Å²) in [4.78, 5) is 12.3. The van der Waals surface area contributed by atoms with Crippen LogP contribution in [-0.4, -0.2) is 13.1 Å². The predicted molar refractivity (Wildman–Crippen MR) is 113 cm³/mol. The van der Waals surface area contributed by atoms with E-state index >= 15 is 0 Å². The Morgan fingerprint density at radius 1 is 1.15 bits per heavy atom. The number of allylic oxidation sites excluding steroid dienone is 5. The zero-order valence-corrected chi connectivity index (χ0v) is 15.9. The molecule has 0 aliphatic carbocycles. The number of urea groups is 1. The molecule has 0 aliphatic rings. The van der Waals surface area contributed by atoms with Gasteiger partial charge in [0.15, 0.2) is 0 Å². The monoisotopic (exact) mass is 363 g/mol. The number of anilines is 2. The van der Waals surface area contributed by atoms with Gasteiger partial charge < -0.3 is 21.1 Å². The largest absolute Gasteiger partial charge is 0.495 e. The van der Waals surface area contributed by atoms with Gasteiger partial charge in [-0.05, 0) is 60.9 Å². The molecule has 0 radical (unpaired) electrons. The molecule has 2 aromatic carbocycles. The van der Waals surface area contributed by atoms with E-state index in [1.165, 1.54) is 0 Å². The average molecular weight is 363 g/mol. The van der Waals surface area contributed by atoms with Crippen LogP contribution in [0.5, 0.6) is 5.75 Å². The molecule has 140 valence electrons. The van der Waals surface area contributed by atoms with E-state index < -0.39 is 0 Å². The molecule has 5 heteroatoms. The highest BCUT2D eigenvalue weighted by molar-refractivity contribution is 6.00. The number of ether oxygens (including phenoxy) is 1. The number of benzene rings is 2. The maximum absolute atomic E-state index is 12.3. The van der Waals surface area contributed by atoms with Gasteiger partial charge in [-0.25, -0.2) is 4.79 Å². The summed E-state index contributed by atoms with van der Waals surface area (Å²) in [7, 11) is 1.57. The van der Waals surface area contributed by atoms with Crippen LogP contribution in [0.25, 0.3) is 5.57 Å². The number of carbonyl (C=O) groups is 1. The number of amides is 2. The van der Waals surface area contributed by atoms with Gasteiger partial charge in [-0.1, -0.05) is 36.9 Å². The summed E-state index contributed by atoms with van der Waals surface area (Å²) < 4.78 is 5.28. The van der Waals surface area contributed by atoms with Gasteiger partial charge in [-0.3, -0.25) is 0 Å². The summed E-state index contributed by atoms with van der Waals surface area (Å²) in [5.41, 5.74) is 10.7. The summed E-state index contributed by atoms with van der Waals surface area (Å²) in [5, 5.41) is 5.62. The molecule has 0 spiro atoms. The Balaban J connectivity index is 2.11. The van der Waals surface area contributed by atoms with E-state index in [1.807, 2.05) is 68.5 Å². The molecule has 2 aromatic rings. The van der Waals surface area contributed by atoms with Gasteiger partial charge in [-0.15, -0.1) is 0 Å². The Morgan fingerprint density at radius 3 is 2.44 bits per heavy atom. The van der Waals surface area contributed by atoms with Crippen LogP contribution >= 0.6 is 0 Å². The molecule has 0 fully saturated rings. The summed E-state index contributed by atoms with van der Waals surface area (Å²) >= 11 is 0. The third-order valence-electron chi connectivity index (χ3n) is 3.76. The van der Waals surface area contributed by atoms with Gasteiger partial charge in [0.1, 0.15) is 5.75 Å². The summed E-state index contributed by atoms with van der Waals surface area (Å²) in [6.45, 7) is 7.51. The number of hydrogen-bond acceptors (Lipinski definition) is 3. The van der Waals surface area contributed by atoms with Crippen LogP contribution in [0, 0.1) is 6.92 Å². The van der Waals surface area contributed by atoms with Crippen LogP contribution in [0.1, 0.15) is 18.1 Å². The second-order valence-electron chi connectivity index (χ2n) is 6.11. The van der Waals surface area contributed by atoms with E-state index in [2.05, 4.69) is 17.2 Å². The molecule has 0 atom stereocenters. The van der Waals surface area contributed by atoms with Crippen molar-refractivity contribution >= 4 is 23.0 Å². The fraction of sp³-hybridized carbons (Fsp3) is 0.136. The van der Waals surface area contributed by atoms with Crippen molar-refractivity contribution in [2.45, 2.75) is 13.8 Å². The van der Waals surface area contributed by atoms with Gasteiger partial charge in [0, 0.05) is 11.4 Å². The van der Waals surface area contributed by atoms with E-state index in [0.717, 1.165) is 16.7 Å². The zero-order chi connectivity index (χ0) is 19.8. The second kappa shape index (κ2) is 9.29. The van der Waals surface area contributed by atoms with Crippen LogP contribution in [0.2, 0.25) is 0 Å².